The Balaban J connectivity index is 1.04. The quantitative estimate of drug-likeness (QED) is 0.185. The smallest absolute Gasteiger partial charge is 0.434 e. The number of nitrogens with zero attached hydrogens (tertiary/aromatic N) is 1. The molecule has 0 spiro atoms. The van der Waals surface area contributed by atoms with E-state index in [2.05, 4.69) is 132 Å². The summed E-state index contributed by atoms with van der Waals surface area (Å²) in [4.78, 5) is 0. The number of aromatic nitrogens is 1. The lowest BCUT2D eigenvalue weighted by Crippen LogP contribution is -2.53. The van der Waals surface area contributed by atoms with Gasteiger partial charge in [-0.25, -0.2) is 0 Å². The van der Waals surface area contributed by atoms with Crippen molar-refractivity contribution in [1.29, 1.82) is 0 Å². The molecule has 0 saturated carbocycles. The van der Waals surface area contributed by atoms with Gasteiger partial charge in [-0.15, -0.1) is 0 Å². The van der Waals surface area contributed by atoms with Crippen LogP contribution in [0, 0.1) is 0 Å². The van der Waals surface area contributed by atoms with E-state index < -0.39 is 0 Å². The van der Waals surface area contributed by atoms with Gasteiger partial charge >= 0.3 is 6.92 Å². The van der Waals surface area contributed by atoms with Crippen LogP contribution in [0.25, 0.3) is 71.7 Å². The van der Waals surface area contributed by atoms with E-state index in [1.807, 2.05) is 18.2 Å². The molecular formula is C42H24BNO3. The molecule has 11 rings (SSSR count). The van der Waals surface area contributed by atoms with Crippen LogP contribution in [0.2, 0.25) is 0 Å². The monoisotopic (exact) mass is 601 g/mol. The van der Waals surface area contributed by atoms with Crippen LogP contribution in [0.3, 0.4) is 0 Å². The number of ether oxygens (including phenoxy) is 1. The number of para-hydroxylation sites is 3. The summed E-state index contributed by atoms with van der Waals surface area (Å²) < 4.78 is 22.0. The molecule has 218 valence electrons. The minimum Gasteiger partial charge on any atom is -0.551 e. The maximum absolute atomic E-state index is 6.91. The fourth-order valence-corrected chi connectivity index (χ4v) is 7.76. The third-order valence-corrected chi connectivity index (χ3v) is 9.89. The summed E-state index contributed by atoms with van der Waals surface area (Å²) in [6.45, 7) is -0.289. The average Bonchev–Trinajstić information content (AvgIpc) is 3.67. The summed E-state index contributed by atoms with van der Waals surface area (Å²) in [5.74, 6) is 2.52. The number of furan rings is 1. The highest BCUT2D eigenvalue weighted by Gasteiger charge is 2.41. The molecule has 2 aliphatic rings. The second-order valence-corrected chi connectivity index (χ2v) is 12.4. The first kappa shape index (κ1) is 25.0. The molecule has 0 fully saturated rings. The van der Waals surface area contributed by atoms with E-state index in [4.69, 9.17) is 13.8 Å². The Hall–Kier alpha value is -6.20. The maximum atomic E-state index is 6.91. The SMILES string of the molecule is c1cc2c3c(c1)-c1cc(-c4ccc5c(c4)oc4ccccc45)ccc1OB3c1cc(-n3c4ccccc4c4ccccc43)ccc1O2. The van der Waals surface area contributed by atoms with Crippen molar-refractivity contribution in [3.8, 4) is 45.2 Å². The molecule has 0 N–H and O–H groups in total. The van der Waals surface area contributed by atoms with E-state index in [0.29, 0.717) is 0 Å². The molecule has 0 amide bonds. The minimum atomic E-state index is -0.289. The zero-order chi connectivity index (χ0) is 30.6. The molecule has 2 aromatic heterocycles. The summed E-state index contributed by atoms with van der Waals surface area (Å²) in [5, 5.41) is 4.74. The molecule has 5 heteroatoms. The zero-order valence-electron chi connectivity index (χ0n) is 25.1. The molecule has 0 atom stereocenters. The summed E-state index contributed by atoms with van der Waals surface area (Å²) >= 11 is 0. The van der Waals surface area contributed by atoms with Crippen molar-refractivity contribution in [2.75, 3.05) is 0 Å². The number of hydrogen-bond donors (Lipinski definition) is 0. The largest absolute Gasteiger partial charge is 0.551 e. The van der Waals surface area contributed by atoms with Crippen molar-refractivity contribution in [2.24, 2.45) is 0 Å². The Bertz CT molecular complexity index is 2720. The topological polar surface area (TPSA) is 36.5 Å². The number of benzene rings is 7. The Labute approximate surface area is 270 Å². The lowest BCUT2D eigenvalue weighted by Gasteiger charge is -2.33. The third kappa shape index (κ3) is 3.48. The van der Waals surface area contributed by atoms with Crippen molar-refractivity contribution >= 4 is 61.6 Å². The predicted molar refractivity (Wildman–Crippen MR) is 191 cm³/mol. The molecule has 47 heavy (non-hydrogen) atoms. The highest BCUT2D eigenvalue weighted by molar-refractivity contribution is 6.84. The molecule has 4 heterocycles. The molecular weight excluding hydrogens is 577 g/mol. The van der Waals surface area contributed by atoms with Crippen molar-refractivity contribution in [2.45, 2.75) is 0 Å². The summed E-state index contributed by atoms with van der Waals surface area (Å²) in [7, 11) is 0. The van der Waals surface area contributed by atoms with Crippen LogP contribution in [0.5, 0.6) is 17.2 Å². The van der Waals surface area contributed by atoms with Gasteiger partial charge in [0.15, 0.2) is 0 Å². The van der Waals surface area contributed by atoms with Crippen LogP contribution < -0.4 is 20.3 Å². The highest BCUT2D eigenvalue weighted by atomic mass is 16.5. The molecule has 0 unspecified atom stereocenters. The number of rotatable bonds is 2. The Morgan fingerprint density at radius 3 is 2.02 bits per heavy atom. The van der Waals surface area contributed by atoms with Crippen molar-refractivity contribution in [1.82, 2.24) is 4.57 Å². The first-order valence-electron chi connectivity index (χ1n) is 15.9. The average molecular weight is 601 g/mol. The van der Waals surface area contributed by atoms with Crippen molar-refractivity contribution in [3.63, 3.8) is 0 Å². The second kappa shape index (κ2) is 9.18. The minimum absolute atomic E-state index is 0.289. The summed E-state index contributed by atoms with van der Waals surface area (Å²) in [6.07, 6.45) is 0. The van der Waals surface area contributed by atoms with Gasteiger partial charge < -0.3 is 18.4 Å². The molecule has 0 bridgehead atoms. The second-order valence-electron chi connectivity index (χ2n) is 12.4. The van der Waals surface area contributed by atoms with E-state index in [-0.39, 0.29) is 6.92 Å². The lowest BCUT2D eigenvalue weighted by molar-refractivity contribution is 0.479. The standard InChI is InChI=1S/C42H24BNO3/c1-4-12-35-28(8-1)29-9-2-5-13-36(29)44(35)27-18-21-39-34(24-27)43-42-32(11-7-15-40(42)46-39)33-22-25(17-20-38(33)47-43)26-16-19-31-30-10-3-6-14-37(30)45-41(31)23-26/h1-24H. The molecule has 0 saturated heterocycles. The first-order valence-corrected chi connectivity index (χ1v) is 15.9. The van der Waals surface area contributed by atoms with E-state index in [1.54, 1.807) is 0 Å². The van der Waals surface area contributed by atoms with Gasteiger partial charge in [-0.2, -0.15) is 0 Å². The molecule has 0 radical (unpaired) electrons. The van der Waals surface area contributed by atoms with Gasteiger partial charge in [-0.1, -0.05) is 78.9 Å². The van der Waals surface area contributed by atoms with Crippen LogP contribution in [0.15, 0.2) is 150 Å². The lowest BCUT2D eigenvalue weighted by atomic mass is 9.51. The molecule has 0 aliphatic carbocycles. The van der Waals surface area contributed by atoms with E-state index in [0.717, 1.165) is 78.1 Å². The van der Waals surface area contributed by atoms with Gasteiger partial charge in [0.25, 0.3) is 0 Å². The normalized spacial score (nSPS) is 13.0. The Morgan fingerprint density at radius 2 is 1.17 bits per heavy atom. The van der Waals surface area contributed by atoms with Gasteiger partial charge in [-0.05, 0) is 83.4 Å². The highest BCUT2D eigenvalue weighted by Crippen LogP contribution is 2.42. The molecule has 9 aromatic rings. The van der Waals surface area contributed by atoms with Crippen LogP contribution in [-0.4, -0.2) is 11.5 Å². The van der Waals surface area contributed by atoms with Gasteiger partial charge in [0.2, 0.25) is 0 Å². The van der Waals surface area contributed by atoms with Crippen molar-refractivity contribution < 1.29 is 13.8 Å². The van der Waals surface area contributed by atoms with Crippen molar-refractivity contribution in [3.05, 3.63) is 146 Å². The Kier molecular flexibility index (Phi) is 4.89. The maximum Gasteiger partial charge on any atom is 0.434 e. The summed E-state index contributed by atoms with van der Waals surface area (Å²) in [6, 6.07) is 51.1. The van der Waals surface area contributed by atoms with Gasteiger partial charge in [0.1, 0.15) is 28.4 Å². The van der Waals surface area contributed by atoms with E-state index >= 15 is 0 Å². The molecule has 4 nitrogen and oxygen atoms in total. The number of hydrogen-bond acceptors (Lipinski definition) is 3. The third-order valence-electron chi connectivity index (χ3n) is 9.89. The molecule has 2 aliphatic heterocycles. The fourth-order valence-electron chi connectivity index (χ4n) is 7.76. The first-order chi connectivity index (χ1) is 23.3. The van der Waals surface area contributed by atoms with Gasteiger partial charge in [-0.3, -0.25) is 0 Å². The van der Waals surface area contributed by atoms with Crippen LogP contribution in [0.1, 0.15) is 0 Å². The van der Waals surface area contributed by atoms with Gasteiger partial charge in [0, 0.05) is 43.7 Å². The zero-order valence-corrected chi connectivity index (χ0v) is 25.1. The molecule has 7 aromatic carbocycles. The van der Waals surface area contributed by atoms with Crippen LogP contribution in [-0.2, 0) is 0 Å². The van der Waals surface area contributed by atoms with Gasteiger partial charge in [0.05, 0.1) is 11.0 Å². The summed E-state index contributed by atoms with van der Waals surface area (Å²) in [5.41, 5.74) is 11.7. The predicted octanol–water partition coefficient (Wildman–Crippen LogP) is 9.62. The van der Waals surface area contributed by atoms with Crippen LogP contribution >= 0.6 is 0 Å². The van der Waals surface area contributed by atoms with E-state index in [9.17, 15) is 0 Å². The van der Waals surface area contributed by atoms with E-state index in [1.165, 1.54) is 21.8 Å². The van der Waals surface area contributed by atoms with Crippen LogP contribution in [0.4, 0.5) is 0 Å². The Morgan fingerprint density at radius 1 is 0.468 bits per heavy atom. The number of fused-ring (bicyclic) bond motifs is 10. The fraction of sp³-hybridized carbons (Fsp3) is 0.